The molecule has 2 aliphatic rings. The minimum absolute atomic E-state index is 0.0302. The first-order valence-corrected chi connectivity index (χ1v) is 9.15. The molecule has 5 N–H and O–H groups in total. The maximum Gasteiger partial charge on any atom is 0.303 e. The van der Waals surface area contributed by atoms with Gasteiger partial charge in [0.25, 0.3) is 0 Å². The van der Waals surface area contributed by atoms with Crippen LogP contribution in [0.15, 0.2) is 12.2 Å². The lowest BCUT2D eigenvalue weighted by Crippen LogP contribution is -2.59. The van der Waals surface area contributed by atoms with E-state index in [4.69, 9.17) is 9.47 Å². The van der Waals surface area contributed by atoms with Gasteiger partial charge in [-0.2, -0.15) is 0 Å². The van der Waals surface area contributed by atoms with Gasteiger partial charge in [0.05, 0.1) is 19.1 Å². The van der Waals surface area contributed by atoms with Crippen LogP contribution in [0.1, 0.15) is 32.6 Å². The fourth-order valence-corrected chi connectivity index (χ4v) is 3.69. The van der Waals surface area contributed by atoms with Crippen molar-refractivity contribution < 1.29 is 44.6 Å². The highest BCUT2D eigenvalue weighted by atomic mass is 16.7. The number of ether oxygens (including phenoxy) is 2. The van der Waals surface area contributed by atoms with Crippen LogP contribution in [0.4, 0.5) is 0 Å². The van der Waals surface area contributed by atoms with E-state index in [0.717, 1.165) is 6.42 Å². The zero-order chi connectivity index (χ0) is 20.1. The summed E-state index contributed by atoms with van der Waals surface area (Å²) < 4.78 is 11.0. The Morgan fingerprint density at radius 1 is 1.22 bits per heavy atom. The quantitative estimate of drug-likeness (QED) is 0.336. The van der Waals surface area contributed by atoms with E-state index in [1.165, 1.54) is 0 Å². The number of aliphatic hydroxyl groups is 4. The fraction of sp³-hybridized carbons (Fsp3) is 0.778. The Morgan fingerprint density at radius 3 is 2.52 bits per heavy atom. The molecule has 1 heterocycles. The van der Waals surface area contributed by atoms with E-state index < -0.39 is 61.2 Å². The first kappa shape index (κ1) is 21.9. The van der Waals surface area contributed by atoms with E-state index in [-0.39, 0.29) is 18.6 Å². The SMILES string of the molecule is CC/C=C\C[C@H]1C(=O)CC(O[C@@H]2O[C@H](CO)[C@@H](O)[C@H](O)[C@H]2O)[C@@H]1CC(=O)O. The summed E-state index contributed by atoms with van der Waals surface area (Å²) in [5.41, 5.74) is 0. The molecule has 0 aromatic carbocycles. The van der Waals surface area contributed by atoms with Crippen LogP contribution in [0.3, 0.4) is 0 Å². The molecule has 0 amide bonds. The third-order valence-electron chi connectivity index (χ3n) is 5.17. The summed E-state index contributed by atoms with van der Waals surface area (Å²) in [6.07, 6.45) is -3.41. The standard InChI is InChI=1S/C18H28O9/c1-2-3-4-5-9-10(6-14(21)22)12(7-11(9)20)26-18-17(25)16(24)15(23)13(8-19)27-18/h3-4,9-10,12-13,15-19,23-25H,2,5-8H2,1H3,(H,21,22)/b4-3-/t9-,10-,12?,13-,15-,16+,17-,18-/m1/s1. The average Bonchev–Trinajstić information content (AvgIpc) is 2.90. The third kappa shape index (κ3) is 5.13. The Balaban J connectivity index is 2.13. The summed E-state index contributed by atoms with van der Waals surface area (Å²) in [6.45, 7) is 1.35. The molecule has 1 aliphatic carbocycles. The highest BCUT2D eigenvalue weighted by Gasteiger charge is 2.49. The summed E-state index contributed by atoms with van der Waals surface area (Å²) in [5, 5.41) is 48.2. The van der Waals surface area contributed by atoms with Gasteiger partial charge in [0.15, 0.2) is 6.29 Å². The second kappa shape index (κ2) is 9.72. The van der Waals surface area contributed by atoms with Crippen molar-refractivity contribution in [3.05, 3.63) is 12.2 Å². The van der Waals surface area contributed by atoms with Crippen LogP contribution >= 0.6 is 0 Å². The molecule has 1 aliphatic heterocycles. The van der Waals surface area contributed by atoms with Crippen molar-refractivity contribution in [3.63, 3.8) is 0 Å². The predicted octanol–water partition coefficient (Wildman–Crippen LogP) is -0.792. The van der Waals surface area contributed by atoms with Gasteiger partial charge in [0, 0.05) is 18.3 Å². The van der Waals surface area contributed by atoms with Crippen molar-refractivity contribution in [1.82, 2.24) is 0 Å². The number of Topliss-reactive ketones (excluding diaryl/α,β-unsaturated/α-hetero) is 1. The number of hydrogen-bond donors (Lipinski definition) is 5. The van der Waals surface area contributed by atoms with E-state index in [1.807, 2.05) is 19.1 Å². The van der Waals surface area contributed by atoms with Crippen LogP contribution < -0.4 is 0 Å². The topological polar surface area (TPSA) is 154 Å². The van der Waals surface area contributed by atoms with Gasteiger partial charge in [-0.1, -0.05) is 19.1 Å². The zero-order valence-electron chi connectivity index (χ0n) is 15.2. The monoisotopic (exact) mass is 388 g/mol. The number of rotatable bonds is 8. The average molecular weight is 388 g/mol. The van der Waals surface area contributed by atoms with Crippen molar-refractivity contribution in [3.8, 4) is 0 Å². The van der Waals surface area contributed by atoms with Crippen molar-refractivity contribution >= 4 is 11.8 Å². The Bertz CT molecular complexity index is 547. The lowest BCUT2D eigenvalue weighted by Gasteiger charge is -2.41. The lowest BCUT2D eigenvalue weighted by molar-refractivity contribution is -0.313. The Labute approximate surface area is 157 Å². The van der Waals surface area contributed by atoms with E-state index in [2.05, 4.69) is 0 Å². The molecule has 9 heteroatoms. The van der Waals surface area contributed by atoms with Crippen LogP contribution in [0.5, 0.6) is 0 Å². The van der Waals surface area contributed by atoms with Gasteiger partial charge in [-0.15, -0.1) is 0 Å². The van der Waals surface area contributed by atoms with Crippen molar-refractivity contribution in [2.75, 3.05) is 6.61 Å². The van der Waals surface area contributed by atoms with Gasteiger partial charge in [-0.05, 0) is 12.8 Å². The maximum absolute atomic E-state index is 12.4. The van der Waals surface area contributed by atoms with Crippen LogP contribution in [0, 0.1) is 11.8 Å². The zero-order valence-corrected chi connectivity index (χ0v) is 15.2. The van der Waals surface area contributed by atoms with Crippen molar-refractivity contribution in [1.29, 1.82) is 0 Å². The van der Waals surface area contributed by atoms with E-state index in [0.29, 0.717) is 6.42 Å². The van der Waals surface area contributed by atoms with Crippen LogP contribution in [0.25, 0.3) is 0 Å². The first-order chi connectivity index (χ1) is 12.8. The Hall–Kier alpha value is -1.36. The van der Waals surface area contributed by atoms with Crippen LogP contribution in [-0.4, -0.2) is 80.7 Å². The minimum Gasteiger partial charge on any atom is -0.481 e. The number of allylic oxidation sites excluding steroid dienone is 2. The number of aliphatic carboxylic acids is 1. The highest BCUT2D eigenvalue weighted by Crippen LogP contribution is 2.38. The Morgan fingerprint density at radius 2 is 1.93 bits per heavy atom. The van der Waals surface area contributed by atoms with Gasteiger partial charge in [0.2, 0.25) is 0 Å². The minimum atomic E-state index is -1.60. The highest BCUT2D eigenvalue weighted by molar-refractivity contribution is 5.85. The molecule has 1 saturated carbocycles. The van der Waals surface area contributed by atoms with Gasteiger partial charge < -0.3 is 35.0 Å². The number of ketones is 1. The molecule has 0 spiro atoms. The second-order valence-corrected chi connectivity index (χ2v) is 7.03. The van der Waals surface area contributed by atoms with Crippen molar-refractivity contribution in [2.45, 2.75) is 69.4 Å². The molecule has 8 atom stereocenters. The second-order valence-electron chi connectivity index (χ2n) is 7.03. The van der Waals surface area contributed by atoms with Gasteiger partial charge in [-0.25, -0.2) is 0 Å². The molecular formula is C18H28O9. The summed E-state index contributed by atoms with van der Waals surface area (Å²) >= 11 is 0. The maximum atomic E-state index is 12.4. The Kier molecular flexibility index (Phi) is 7.90. The smallest absolute Gasteiger partial charge is 0.303 e. The van der Waals surface area contributed by atoms with Crippen molar-refractivity contribution in [2.24, 2.45) is 11.8 Å². The molecule has 0 radical (unpaired) electrons. The summed E-state index contributed by atoms with van der Waals surface area (Å²) in [5.74, 6) is -2.32. The third-order valence-corrected chi connectivity index (χ3v) is 5.17. The molecule has 2 fully saturated rings. The summed E-state index contributed by atoms with van der Waals surface area (Å²) in [4.78, 5) is 23.7. The number of hydrogen-bond acceptors (Lipinski definition) is 8. The van der Waals surface area contributed by atoms with Gasteiger partial charge in [-0.3, -0.25) is 9.59 Å². The molecule has 2 rings (SSSR count). The van der Waals surface area contributed by atoms with E-state index >= 15 is 0 Å². The molecule has 0 aromatic heterocycles. The fourth-order valence-electron chi connectivity index (χ4n) is 3.69. The molecule has 0 bridgehead atoms. The van der Waals surface area contributed by atoms with Crippen LogP contribution in [0.2, 0.25) is 0 Å². The molecule has 9 nitrogen and oxygen atoms in total. The largest absolute Gasteiger partial charge is 0.481 e. The number of aliphatic hydroxyl groups excluding tert-OH is 4. The molecule has 0 aromatic rings. The van der Waals surface area contributed by atoms with Gasteiger partial charge in [0.1, 0.15) is 30.2 Å². The predicted molar refractivity (Wildman–Crippen MR) is 91.5 cm³/mol. The normalized spacial score (nSPS) is 40.0. The molecule has 27 heavy (non-hydrogen) atoms. The molecule has 1 unspecified atom stereocenters. The number of carbonyl (C=O) groups excluding carboxylic acids is 1. The number of carboxylic acids is 1. The van der Waals surface area contributed by atoms with E-state index in [1.54, 1.807) is 0 Å². The summed E-state index contributed by atoms with van der Waals surface area (Å²) in [6, 6.07) is 0. The number of carboxylic acid groups (broad SMARTS) is 1. The first-order valence-electron chi connectivity index (χ1n) is 9.15. The lowest BCUT2D eigenvalue weighted by atomic mass is 9.88. The van der Waals surface area contributed by atoms with E-state index in [9.17, 15) is 35.1 Å². The summed E-state index contributed by atoms with van der Waals surface area (Å²) in [7, 11) is 0. The number of carbonyl (C=O) groups is 2. The molecular weight excluding hydrogens is 360 g/mol. The van der Waals surface area contributed by atoms with Gasteiger partial charge >= 0.3 is 5.97 Å². The van der Waals surface area contributed by atoms with Crippen LogP contribution in [-0.2, 0) is 19.1 Å². The molecule has 1 saturated heterocycles. The molecule has 154 valence electrons.